The third-order valence-electron chi connectivity index (χ3n) is 3.16. The van der Waals surface area contributed by atoms with Gasteiger partial charge in [0.15, 0.2) is 0 Å². The van der Waals surface area contributed by atoms with E-state index in [4.69, 9.17) is 18.0 Å². The maximum Gasteiger partial charge on any atom is 0.133 e. The van der Waals surface area contributed by atoms with Gasteiger partial charge in [0.1, 0.15) is 6.10 Å². The number of unbranched alkanes of at least 4 members (excludes halogenated alkanes) is 9. The van der Waals surface area contributed by atoms with E-state index in [1.54, 1.807) is 6.08 Å². The van der Waals surface area contributed by atoms with Crippen molar-refractivity contribution >= 4 is 0 Å². The van der Waals surface area contributed by atoms with E-state index in [2.05, 4.69) is 23.7 Å². The van der Waals surface area contributed by atoms with Gasteiger partial charge in [0.05, 0.1) is 0 Å². The fourth-order valence-electron chi connectivity index (χ4n) is 1.92. The standard InChI is InChI=1S/C20H28O/c1-3-5-6-7-8-9-10-11-12-13-14-15-16-17-18-19-20(21)4-2/h1-2,18-21H,5-7,10-17H2. The molecule has 0 amide bonds. The highest BCUT2D eigenvalue weighted by Gasteiger charge is 1.91. The molecule has 0 radical (unpaired) electrons. The predicted molar refractivity (Wildman–Crippen MR) is 91.4 cm³/mol. The Kier molecular flexibility index (Phi) is 15.2. The number of hydrogen-bond donors (Lipinski definition) is 1. The second kappa shape index (κ2) is 16.4. The quantitative estimate of drug-likeness (QED) is 0.337. The fourth-order valence-corrected chi connectivity index (χ4v) is 1.92. The van der Waals surface area contributed by atoms with Crippen molar-refractivity contribution in [2.45, 2.75) is 76.7 Å². The molecule has 0 heterocycles. The predicted octanol–water partition coefficient (Wildman–Crippen LogP) is 4.46. The van der Waals surface area contributed by atoms with Crippen LogP contribution in [0.1, 0.15) is 70.6 Å². The second-order valence-electron chi connectivity index (χ2n) is 5.11. The van der Waals surface area contributed by atoms with Crippen LogP contribution >= 0.6 is 0 Å². The average molecular weight is 284 g/mol. The maximum atomic E-state index is 9.12. The highest BCUT2D eigenvalue weighted by molar-refractivity contribution is 5.05. The zero-order valence-corrected chi connectivity index (χ0v) is 13.1. The summed E-state index contributed by atoms with van der Waals surface area (Å²) in [6, 6.07) is 0. The van der Waals surface area contributed by atoms with Crippen molar-refractivity contribution < 1.29 is 5.11 Å². The van der Waals surface area contributed by atoms with Crippen molar-refractivity contribution in [3.8, 4) is 36.5 Å². The van der Waals surface area contributed by atoms with Crippen molar-refractivity contribution in [2.24, 2.45) is 0 Å². The molecule has 0 aromatic carbocycles. The van der Waals surface area contributed by atoms with E-state index in [-0.39, 0.29) is 0 Å². The fraction of sp³-hybridized carbons (Fsp3) is 0.600. The zero-order valence-electron chi connectivity index (χ0n) is 13.1. The molecule has 1 N–H and O–H groups in total. The summed E-state index contributed by atoms with van der Waals surface area (Å²) in [5, 5.41) is 9.12. The molecule has 114 valence electrons. The van der Waals surface area contributed by atoms with Crippen molar-refractivity contribution in [1.82, 2.24) is 0 Å². The summed E-state index contributed by atoms with van der Waals surface area (Å²) < 4.78 is 0. The molecule has 1 atom stereocenters. The summed E-state index contributed by atoms with van der Waals surface area (Å²) in [6.07, 6.45) is 25.4. The lowest BCUT2D eigenvalue weighted by Crippen LogP contribution is -1.95. The molecule has 0 fully saturated rings. The van der Waals surface area contributed by atoms with Crippen LogP contribution in [0, 0.1) is 36.5 Å². The topological polar surface area (TPSA) is 20.2 Å². The van der Waals surface area contributed by atoms with Crippen molar-refractivity contribution in [3.63, 3.8) is 0 Å². The molecule has 1 unspecified atom stereocenters. The number of aliphatic hydroxyl groups is 1. The molecule has 0 aliphatic rings. The maximum absolute atomic E-state index is 9.12. The molecule has 0 aromatic rings. The molecular formula is C20H28O. The van der Waals surface area contributed by atoms with Gasteiger partial charge in [-0.15, -0.1) is 30.6 Å². The van der Waals surface area contributed by atoms with Crippen LogP contribution in [-0.2, 0) is 0 Å². The number of aliphatic hydroxyl groups excluding tert-OH is 1. The Bertz CT molecular complexity index is 394. The lowest BCUT2D eigenvalue weighted by molar-refractivity contribution is 0.280. The molecule has 21 heavy (non-hydrogen) atoms. The molecular weight excluding hydrogens is 256 g/mol. The number of rotatable bonds is 11. The van der Waals surface area contributed by atoms with E-state index in [9.17, 15) is 0 Å². The zero-order chi connectivity index (χ0) is 15.6. The Balaban J connectivity index is 3.21. The highest BCUT2D eigenvalue weighted by atomic mass is 16.3. The first-order valence-electron chi connectivity index (χ1n) is 8.01. The van der Waals surface area contributed by atoms with Crippen molar-refractivity contribution in [1.29, 1.82) is 0 Å². The summed E-state index contributed by atoms with van der Waals surface area (Å²) in [4.78, 5) is 0. The van der Waals surface area contributed by atoms with Gasteiger partial charge in [0.25, 0.3) is 0 Å². The Hall–Kier alpha value is -1.62. The summed E-state index contributed by atoms with van der Waals surface area (Å²) >= 11 is 0. The molecule has 0 aliphatic heterocycles. The smallest absolute Gasteiger partial charge is 0.133 e. The van der Waals surface area contributed by atoms with Crippen LogP contribution in [0.5, 0.6) is 0 Å². The van der Waals surface area contributed by atoms with E-state index in [0.29, 0.717) is 0 Å². The Morgan fingerprint density at radius 3 is 2.10 bits per heavy atom. The third-order valence-corrected chi connectivity index (χ3v) is 3.16. The van der Waals surface area contributed by atoms with Crippen molar-refractivity contribution in [3.05, 3.63) is 12.2 Å². The van der Waals surface area contributed by atoms with E-state index in [1.165, 1.54) is 38.5 Å². The van der Waals surface area contributed by atoms with E-state index >= 15 is 0 Å². The first-order valence-corrected chi connectivity index (χ1v) is 8.01. The lowest BCUT2D eigenvalue weighted by atomic mass is 10.1. The van der Waals surface area contributed by atoms with E-state index in [0.717, 1.165) is 32.1 Å². The van der Waals surface area contributed by atoms with Crippen LogP contribution < -0.4 is 0 Å². The van der Waals surface area contributed by atoms with Gasteiger partial charge in [-0.05, 0) is 31.8 Å². The summed E-state index contributed by atoms with van der Waals surface area (Å²) in [7, 11) is 0. The molecule has 0 rings (SSSR count). The molecule has 1 heteroatoms. The minimum atomic E-state index is -0.724. The van der Waals surface area contributed by atoms with Crippen LogP contribution in [-0.4, -0.2) is 11.2 Å². The van der Waals surface area contributed by atoms with Crippen LogP contribution in [0.3, 0.4) is 0 Å². The summed E-state index contributed by atoms with van der Waals surface area (Å²) in [5.74, 6) is 11.3. The monoisotopic (exact) mass is 284 g/mol. The molecule has 0 aliphatic carbocycles. The highest BCUT2D eigenvalue weighted by Crippen LogP contribution is 2.08. The average Bonchev–Trinajstić information content (AvgIpc) is 2.50. The molecule has 1 nitrogen and oxygen atoms in total. The summed E-state index contributed by atoms with van der Waals surface area (Å²) in [6.45, 7) is 0. The summed E-state index contributed by atoms with van der Waals surface area (Å²) in [5.41, 5.74) is 0. The molecule has 0 saturated carbocycles. The SMILES string of the molecule is C#CCCCC#CCCCCCCCCC=CC(O)C#C. The van der Waals surface area contributed by atoms with Gasteiger partial charge in [-0.2, -0.15) is 0 Å². The normalized spacial score (nSPS) is 11.4. The first-order chi connectivity index (χ1) is 10.3. The van der Waals surface area contributed by atoms with Gasteiger partial charge in [-0.3, -0.25) is 0 Å². The Morgan fingerprint density at radius 2 is 1.43 bits per heavy atom. The van der Waals surface area contributed by atoms with Crippen LogP contribution in [0.2, 0.25) is 0 Å². The van der Waals surface area contributed by atoms with Gasteiger partial charge in [-0.25, -0.2) is 0 Å². The second-order valence-corrected chi connectivity index (χ2v) is 5.11. The molecule has 0 bridgehead atoms. The van der Waals surface area contributed by atoms with Gasteiger partial charge in [0.2, 0.25) is 0 Å². The third kappa shape index (κ3) is 16.3. The van der Waals surface area contributed by atoms with Crippen LogP contribution in [0.15, 0.2) is 12.2 Å². The molecule has 0 saturated heterocycles. The van der Waals surface area contributed by atoms with E-state index in [1.807, 2.05) is 6.08 Å². The lowest BCUT2D eigenvalue weighted by Gasteiger charge is -1.99. The van der Waals surface area contributed by atoms with Gasteiger partial charge in [0, 0.05) is 19.3 Å². The minimum Gasteiger partial charge on any atom is -0.377 e. The minimum absolute atomic E-state index is 0.724. The van der Waals surface area contributed by atoms with Gasteiger partial charge in [-0.1, -0.05) is 37.7 Å². The molecule has 0 spiro atoms. The first kappa shape index (κ1) is 19.4. The number of allylic oxidation sites excluding steroid dienone is 1. The van der Waals surface area contributed by atoms with E-state index < -0.39 is 6.10 Å². The van der Waals surface area contributed by atoms with Crippen molar-refractivity contribution in [2.75, 3.05) is 0 Å². The van der Waals surface area contributed by atoms with Gasteiger partial charge >= 0.3 is 0 Å². The van der Waals surface area contributed by atoms with Gasteiger partial charge < -0.3 is 5.11 Å². The Labute approximate surface area is 131 Å². The van der Waals surface area contributed by atoms with Crippen LogP contribution in [0.25, 0.3) is 0 Å². The number of terminal acetylenes is 2. The largest absolute Gasteiger partial charge is 0.377 e. The Morgan fingerprint density at radius 1 is 0.810 bits per heavy atom. The van der Waals surface area contributed by atoms with Crippen LogP contribution in [0.4, 0.5) is 0 Å². The number of hydrogen-bond acceptors (Lipinski definition) is 1. The molecule has 0 aromatic heterocycles.